The average Bonchev–Trinajstić information content (AvgIpc) is 3.14. The van der Waals surface area contributed by atoms with Gasteiger partial charge in [0.25, 0.3) is 0 Å². The molecule has 2 nitrogen and oxygen atoms in total. The Morgan fingerprint density at radius 3 is 2.68 bits per heavy atom. The van der Waals surface area contributed by atoms with Gasteiger partial charge in [0, 0.05) is 12.1 Å². The summed E-state index contributed by atoms with van der Waals surface area (Å²) in [6, 6.07) is 4.05. The quantitative estimate of drug-likeness (QED) is 0.853. The number of benzene rings is 1. The zero-order valence-corrected chi connectivity index (χ0v) is 10.9. The summed E-state index contributed by atoms with van der Waals surface area (Å²) in [6.07, 6.45) is 6.32. The van der Waals surface area contributed by atoms with E-state index in [0.717, 1.165) is 50.4 Å². The van der Waals surface area contributed by atoms with Gasteiger partial charge >= 0.3 is 0 Å². The maximum atomic E-state index is 13.6. The van der Waals surface area contributed by atoms with Crippen LogP contribution in [0.2, 0.25) is 0 Å². The van der Waals surface area contributed by atoms with Crippen LogP contribution in [-0.2, 0) is 0 Å². The fourth-order valence-electron chi connectivity index (χ4n) is 2.55. The van der Waals surface area contributed by atoms with Crippen LogP contribution in [0.3, 0.4) is 0 Å². The number of halogens is 2. The molecular formula is C15H19F2NO. The van der Waals surface area contributed by atoms with Gasteiger partial charge in [0.1, 0.15) is 11.4 Å². The van der Waals surface area contributed by atoms with Crippen LogP contribution in [0.15, 0.2) is 18.2 Å². The molecule has 1 aromatic rings. The number of hydrogen-bond acceptors (Lipinski definition) is 2. The van der Waals surface area contributed by atoms with Crippen molar-refractivity contribution in [3.63, 3.8) is 0 Å². The lowest BCUT2D eigenvalue weighted by molar-refractivity contribution is -0.0174. The van der Waals surface area contributed by atoms with Crippen molar-refractivity contribution in [1.29, 1.82) is 0 Å². The van der Waals surface area contributed by atoms with Gasteiger partial charge in [-0.25, -0.2) is 8.78 Å². The second-order valence-corrected chi connectivity index (χ2v) is 5.69. The Labute approximate surface area is 112 Å². The first kappa shape index (κ1) is 12.9. The lowest BCUT2D eigenvalue weighted by Gasteiger charge is -2.42. The Morgan fingerprint density at radius 2 is 2.05 bits per heavy atom. The molecule has 0 bridgehead atoms. The monoisotopic (exact) mass is 267 g/mol. The van der Waals surface area contributed by atoms with Crippen LogP contribution in [0, 0.1) is 11.6 Å². The summed E-state index contributed by atoms with van der Waals surface area (Å²) < 4.78 is 32.6. The molecule has 0 amide bonds. The van der Waals surface area contributed by atoms with Crippen LogP contribution in [0.4, 0.5) is 8.78 Å². The Balaban J connectivity index is 1.62. The Hall–Kier alpha value is -1.16. The van der Waals surface area contributed by atoms with Gasteiger partial charge in [-0.15, -0.1) is 0 Å². The zero-order valence-electron chi connectivity index (χ0n) is 10.9. The molecule has 19 heavy (non-hydrogen) atoms. The first-order valence-electron chi connectivity index (χ1n) is 7.04. The van der Waals surface area contributed by atoms with Crippen molar-refractivity contribution in [1.82, 2.24) is 5.32 Å². The minimum absolute atomic E-state index is 0.0473. The lowest BCUT2D eigenvalue weighted by atomic mass is 9.77. The molecule has 2 aliphatic carbocycles. The fourth-order valence-corrected chi connectivity index (χ4v) is 2.55. The van der Waals surface area contributed by atoms with Crippen molar-refractivity contribution in [3.8, 4) is 5.75 Å². The summed E-state index contributed by atoms with van der Waals surface area (Å²) in [5.41, 5.74) is -0.295. The van der Waals surface area contributed by atoms with E-state index in [-0.39, 0.29) is 11.4 Å². The summed E-state index contributed by atoms with van der Waals surface area (Å²) in [5.74, 6) is -0.893. The summed E-state index contributed by atoms with van der Waals surface area (Å²) in [5, 5.41) is 3.44. The lowest BCUT2D eigenvalue weighted by Crippen LogP contribution is -2.45. The van der Waals surface area contributed by atoms with E-state index in [9.17, 15) is 8.78 Å². The smallest absolute Gasteiger partial charge is 0.165 e. The van der Waals surface area contributed by atoms with Crippen molar-refractivity contribution in [2.24, 2.45) is 0 Å². The second kappa shape index (κ2) is 5.08. The van der Waals surface area contributed by atoms with E-state index in [1.165, 1.54) is 12.8 Å². The van der Waals surface area contributed by atoms with Crippen molar-refractivity contribution in [2.45, 2.75) is 50.2 Å². The van der Waals surface area contributed by atoms with Gasteiger partial charge in [0.05, 0.1) is 0 Å². The highest BCUT2D eigenvalue weighted by Gasteiger charge is 2.39. The van der Waals surface area contributed by atoms with Gasteiger partial charge in [-0.3, -0.25) is 0 Å². The largest absolute Gasteiger partial charge is 0.484 e. The van der Waals surface area contributed by atoms with Crippen LogP contribution in [0.1, 0.15) is 38.5 Å². The SMILES string of the molecule is Fc1ccc(F)c(OC2(CCNC3CC3)CCC2)c1. The van der Waals surface area contributed by atoms with Gasteiger partial charge in [-0.2, -0.15) is 0 Å². The van der Waals surface area contributed by atoms with E-state index in [1.807, 2.05) is 0 Å². The zero-order chi connectivity index (χ0) is 13.3. The summed E-state index contributed by atoms with van der Waals surface area (Å²) in [7, 11) is 0. The average molecular weight is 267 g/mol. The van der Waals surface area contributed by atoms with E-state index in [1.54, 1.807) is 0 Å². The molecule has 1 aromatic carbocycles. The Kier molecular flexibility index (Phi) is 3.44. The molecule has 0 aromatic heterocycles. The Morgan fingerprint density at radius 1 is 1.26 bits per heavy atom. The predicted octanol–water partition coefficient (Wildman–Crippen LogP) is 3.41. The molecule has 0 spiro atoms. The van der Waals surface area contributed by atoms with Crippen molar-refractivity contribution in [3.05, 3.63) is 29.8 Å². The highest BCUT2D eigenvalue weighted by Crippen LogP contribution is 2.40. The van der Waals surface area contributed by atoms with Crippen LogP contribution >= 0.6 is 0 Å². The van der Waals surface area contributed by atoms with Crippen LogP contribution < -0.4 is 10.1 Å². The van der Waals surface area contributed by atoms with Crippen LogP contribution in [0.25, 0.3) is 0 Å². The Bertz CT molecular complexity index is 455. The van der Waals surface area contributed by atoms with Crippen LogP contribution in [-0.4, -0.2) is 18.2 Å². The number of ether oxygens (including phenoxy) is 1. The molecule has 0 saturated heterocycles. The highest BCUT2D eigenvalue weighted by molar-refractivity contribution is 5.26. The molecule has 2 aliphatic rings. The first-order valence-corrected chi connectivity index (χ1v) is 7.04. The van der Waals surface area contributed by atoms with Gasteiger partial charge in [0.15, 0.2) is 11.6 Å². The minimum atomic E-state index is -0.483. The number of hydrogen-bond donors (Lipinski definition) is 1. The number of nitrogens with one attached hydrogen (secondary N) is 1. The van der Waals surface area contributed by atoms with Crippen molar-refractivity contribution in [2.75, 3.05) is 6.54 Å². The third kappa shape index (κ3) is 3.06. The van der Waals surface area contributed by atoms with E-state index >= 15 is 0 Å². The van der Waals surface area contributed by atoms with E-state index in [2.05, 4.69) is 5.32 Å². The molecule has 4 heteroatoms. The maximum absolute atomic E-state index is 13.6. The summed E-state index contributed by atoms with van der Waals surface area (Å²) in [4.78, 5) is 0. The summed E-state index contributed by atoms with van der Waals surface area (Å²) >= 11 is 0. The van der Waals surface area contributed by atoms with E-state index < -0.39 is 11.6 Å². The minimum Gasteiger partial charge on any atom is -0.484 e. The molecule has 0 aliphatic heterocycles. The number of rotatable bonds is 6. The second-order valence-electron chi connectivity index (χ2n) is 5.69. The van der Waals surface area contributed by atoms with Gasteiger partial charge in [0.2, 0.25) is 0 Å². The van der Waals surface area contributed by atoms with Crippen LogP contribution in [0.5, 0.6) is 5.75 Å². The third-order valence-corrected chi connectivity index (χ3v) is 4.08. The van der Waals surface area contributed by atoms with E-state index in [4.69, 9.17) is 4.74 Å². The standard InChI is InChI=1S/C15H19F2NO/c16-11-2-5-13(17)14(10-11)19-15(6-1-7-15)8-9-18-12-3-4-12/h2,5,10,12,18H,1,3-4,6-9H2. The summed E-state index contributed by atoms with van der Waals surface area (Å²) in [6.45, 7) is 0.890. The van der Waals surface area contributed by atoms with Crippen molar-refractivity contribution >= 4 is 0 Å². The van der Waals surface area contributed by atoms with Gasteiger partial charge < -0.3 is 10.1 Å². The van der Waals surface area contributed by atoms with E-state index in [0.29, 0.717) is 6.04 Å². The fraction of sp³-hybridized carbons (Fsp3) is 0.600. The first-order chi connectivity index (χ1) is 9.17. The molecule has 2 saturated carbocycles. The molecule has 0 heterocycles. The molecular weight excluding hydrogens is 248 g/mol. The molecule has 2 fully saturated rings. The predicted molar refractivity (Wildman–Crippen MR) is 69.2 cm³/mol. The normalized spacial score (nSPS) is 20.9. The third-order valence-electron chi connectivity index (χ3n) is 4.08. The molecule has 1 N–H and O–H groups in total. The molecule has 0 radical (unpaired) electrons. The van der Waals surface area contributed by atoms with Gasteiger partial charge in [-0.1, -0.05) is 0 Å². The molecule has 0 atom stereocenters. The molecule has 104 valence electrons. The highest BCUT2D eigenvalue weighted by atomic mass is 19.1. The molecule has 0 unspecified atom stereocenters. The topological polar surface area (TPSA) is 21.3 Å². The molecule has 3 rings (SSSR count). The van der Waals surface area contributed by atoms with Gasteiger partial charge in [-0.05, 0) is 57.2 Å². The maximum Gasteiger partial charge on any atom is 0.165 e. The van der Waals surface area contributed by atoms with Crippen molar-refractivity contribution < 1.29 is 13.5 Å².